The van der Waals surface area contributed by atoms with Crippen LogP contribution in [-0.2, 0) is 10.2 Å². The molecule has 2 aromatic rings. The van der Waals surface area contributed by atoms with Gasteiger partial charge in [0.2, 0.25) is 5.91 Å². The number of likely N-dealkylation sites (tertiary alicyclic amines) is 1. The van der Waals surface area contributed by atoms with Gasteiger partial charge in [0, 0.05) is 18.3 Å². The molecule has 5 nitrogen and oxygen atoms in total. The molecular weight excluding hydrogens is 412 g/mol. The van der Waals surface area contributed by atoms with E-state index in [1.807, 2.05) is 48.5 Å². The number of ether oxygens (including phenoxy) is 2. The molecule has 178 valence electrons. The SMILES string of the molecule is COc1ccc(C2(C(=O)Nc3ccc(OCCN4CCCCC4C)cc3)CCCCC2)cc1. The number of piperidine rings is 1. The van der Waals surface area contributed by atoms with Gasteiger partial charge in [0.25, 0.3) is 0 Å². The van der Waals surface area contributed by atoms with Gasteiger partial charge in [-0.25, -0.2) is 0 Å². The van der Waals surface area contributed by atoms with Gasteiger partial charge in [-0.15, -0.1) is 0 Å². The van der Waals surface area contributed by atoms with E-state index in [1.54, 1.807) is 7.11 Å². The number of methoxy groups -OCH3 is 1. The van der Waals surface area contributed by atoms with Crippen LogP contribution in [-0.4, -0.2) is 43.7 Å². The molecule has 2 aromatic carbocycles. The van der Waals surface area contributed by atoms with Gasteiger partial charge in [-0.3, -0.25) is 9.69 Å². The molecule has 1 atom stereocenters. The number of benzene rings is 2. The maximum Gasteiger partial charge on any atom is 0.235 e. The number of nitrogens with zero attached hydrogens (tertiary/aromatic N) is 1. The summed E-state index contributed by atoms with van der Waals surface area (Å²) in [4.78, 5) is 16.0. The van der Waals surface area contributed by atoms with Gasteiger partial charge in [-0.2, -0.15) is 0 Å². The number of carbonyl (C=O) groups excluding carboxylic acids is 1. The Morgan fingerprint density at radius 2 is 1.67 bits per heavy atom. The van der Waals surface area contributed by atoms with Crippen LogP contribution in [0.5, 0.6) is 11.5 Å². The summed E-state index contributed by atoms with van der Waals surface area (Å²) in [7, 11) is 1.67. The largest absolute Gasteiger partial charge is 0.497 e. The number of anilines is 1. The fraction of sp³-hybridized carbons (Fsp3) is 0.536. The van der Waals surface area contributed by atoms with Crippen molar-refractivity contribution in [2.24, 2.45) is 0 Å². The molecule has 0 spiro atoms. The monoisotopic (exact) mass is 450 g/mol. The first-order valence-electron chi connectivity index (χ1n) is 12.5. The molecule has 1 saturated carbocycles. The van der Waals surface area contributed by atoms with E-state index < -0.39 is 5.41 Å². The summed E-state index contributed by atoms with van der Waals surface area (Å²) in [6.45, 7) is 5.13. The van der Waals surface area contributed by atoms with Crippen molar-refractivity contribution in [2.45, 2.75) is 69.7 Å². The van der Waals surface area contributed by atoms with E-state index in [-0.39, 0.29) is 5.91 Å². The van der Waals surface area contributed by atoms with E-state index in [9.17, 15) is 4.79 Å². The molecule has 1 heterocycles. The van der Waals surface area contributed by atoms with Crippen LogP contribution in [0.3, 0.4) is 0 Å². The van der Waals surface area contributed by atoms with Crippen molar-refractivity contribution in [1.29, 1.82) is 0 Å². The topological polar surface area (TPSA) is 50.8 Å². The summed E-state index contributed by atoms with van der Waals surface area (Å²) in [5, 5.41) is 3.19. The third-order valence-corrected chi connectivity index (χ3v) is 7.48. The highest BCUT2D eigenvalue weighted by atomic mass is 16.5. The number of nitrogens with one attached hydrogen (secondary N) is 1. The number of amides is 1. The zero-order valence-corrected chi connectivity index (χ0v) is 20.1. The molecule has 4 rings (SSSR count). The second-order valence-electron chi connectivity index (χ2n) is 9.58. The zero-order chi connectivity index (χ0) is 23.1. The van der Waals surface area contributed by atoms with Crippen LogP contribution in [0.25, 0.3) is 0 Å². The van der Waals surface area contributed by atoms with E-state index in [0.717, 1.165) is 55.0 Å². The summed E-state index contributed by atoms with van der Waals surface area (Å²) in [5.41, 5.74) is 1.41. The first kappa shape index (κ1) is 23.6. The van der Waals surface area contributed by atoms with Crippen LogP contribution in [0.2, 0.25) is 0 Å². The minimum Gasteiger partial charge on any atom is -0.497 e. The van der Waals surface area contributed by atoms with Crippen LogP contribution in [0.15, 0.2) is 48.5 Å². The Bertz CT molecular complexity index is 888. The number of hydrogen-bond donors (Lipinski definition) is 1. The molecule has 1 N–H and O–H groups in total. The van der Waals surface area contributed by atoms with Crippen LogP contribution in [0, 0.1) is 0 Å². The van der Waals surface area contributed by atoms with Crippen molar-refractivity contribution in [3.8, 4) is 11.5 Å². The lowest BCUT2D eigenvalue weighted by atomic mass is 9.68. The molecule has 33 heavy (non-hydrogen) atoms. The highest BCUT2D eigenvalue weighted by Gasteiger charge is 2.41. The molecular formula is C28H38N2O3. The first-order valence-corrected chi connectivity index (χ1v) is 12.5. The van der Waals surface area contributed by atoms with Crippen LogP contribution in [0.4, 0.5) is 5.69 Å². The van der Waals surface area contributed by atoms with Gasteiger partial charge < -0.3 is 14.8 Å². The highest BCUT2D eigenvalue weighted by molar-refractivity contribution is 5.99. The van der Waals surface area contributed by atoms with Crippen molar-refractivity contribution in [3.05, 3.63) is 54.1 Å². The minimum absolute atomic E-state index is 0.0834. The lowest BCUT2D eigenvalue weighted by molar-refractivity contribution is -0.122. The average molecular weight is 451 g/mol. The van der Waals surface area contributed by atoms with Crippen molar-refractivity contribution in [3.63, 3.8) is 0 Å². The van der Waals surface area contributed by atoms with Crippen molar-refractivity contribution >= 4 is 11.6 Å². The van der Waals surface area contributed by atoms with E-state index in [1.165, 1.54) is 32.2 Å². The second-order valence-corrected chi connectivity index (χ2v) is 9.58. The summed E-state index contributed by atoms with van der Waals surface area (Å²) < 4.78 is 11.3. The first-order chi connectivity index (χ1) is 16.1. The maximum atomic E-state index is 13.5. The van der Waals surface area contributed by atoms with E-state index >= 15 is 0 Å². The third-order valence-electron chi connectivity index (χ3n) is 7.48. The molecule has 1 saturated heterocycles. The fourth-order valence-electron chi connectivity index (χ4n) is 5.37. The predicted octanol–water partition coefficient (Wildman–Crippen LogP) is 5.79. The Hall–Kier alpha value is -2.53. The Labute approximate surface area is 198 Å². The van der Waals surface area contributed by atoms with Gasteiger partial charge in [0.1, 0.15) is 18.1 Å². The summed E-state index contributed by atoms with van der Waals surface area (Å²) in [6, 6.07) is 16.5. The lowest BCUT2D eigenvalue weighted by Gasteiger charge is -2.36. The maximum absolute atomic E-state index is 13.5. The highest BCUT2D eigenvalue weighted by Crippen LogP contribution is 2.41. The number of carbonyl (C=O) groups is 1. The molecule has 0 bridgehead atoms. The number of rotatable bonds is 8. The Kier molecular flexibility index (Phi) is 7.92. The van der Waals surface area contributed by atoms with Gasteiger partial charge >= 0.3 is 0 Å². The van der Waals surface area contributed by atoms with Gasteiger partial charge in [-0.05, 0) is 81.1 Å². The van der Waals surface area contributed by atoms with Crippen molar-refractivity contribution in [1.82, 2.24) is 4.90 Å². The van der Waals surface area contributed by atoms with Crippen molar-refractivity contribution in [2.75, 3.05) is 32.1 Å². The predicted molar refractivity (Wildman–Crippen MR) is 133 cm³/mol. The Morgan fingerprint density at radius 3 is 2.33 bits per heavy atom. The third kappa shape index (κ3) is 5.70. The van der Waals surface area contributed by atoms with Crippen LogP contribution in [0.1, 0.15) is 63.9 Å². The molecule has 2 aliphatic rings. The van der Waals surface area contributed by atoms with E-state index in [2.05, 4.69) is 17.1 Å². The molecule has 1 unspecified atom stereocenters. The molecule has 2 fully saturated rings. The van der Waals surface area contributed by atoms with Crippen LogP contribution >= 0.6 is 0 Å². The fourth-order valence-corrected chi connectivity index (χ4v) is 5.37. The zero-order valence-electron chi connectivity index (χ0n) is 20.1. The minimum atomic E-state index is -0.481. The van der Waals surface area contributed by atoms with E-state index in [4.69, 9.17) is 9.47 Å². The molecule has 1 amide bonds. The molecule has 0 aromatic heterocycles. The molecule has 1 aliphatic heterocycles. The second kappa shape index (κ2) is 11.1. The molecule has 0 radical (unpaired) electrons. The lowest BCUT2D eigenvalue weighted by Crippen LogP contribution is -2.42. The Morgan fingerprint density at radius 1 is 0.970 bits per heavy atom. The van der Waals surface area contributed by atoms with Crippen LogP contribution < -0.4 is 14.8 Å². The van der Waals surface area contributed by atoms with Gasteiger partial charge in [0.05, 0.1) is 12.5 Å². The summed E-state index contributed by atoms with van der Waals surface area (Å²) in [6.07, 6.45) is 8.99. The average Bonchev–Trinajstić information content (AvgIpc) is 2.86. The summed E-state index contributed by atoms with van der Waals surface area (Å²) >= 11 is 0. The molecule has 1 aliphatic carbocycles. The molecule has 5 heteroatoms. The summed E-state index contributed by atoms with van der Waals surface area (Å²) in [5.74, 6) is 1.75. The van der Waals surface area contributed by atoms with Gasteiger partial charge in [-0.1, -0.05) is 37.8 Å². The van der Waals surface area contributed by atoms with Gasteiger partial charge in [0.15, 0.2) is 0 Å². The standard InChI is InChI=1S/C28H38N2O3/c1-22-8-4-7-19-30(22)20-21-33-26-15-11-24(12-16-26)29-27(31)28(17-5-3-6-18-28)23-9-13-25(32-2)14-10-23/h9-16,22H,3-8,17-21H2,1-2H3,(H,29,31). The normalized spacial score (nSPS) is 20.7. The van der Waals surface area contributed by atoms with E-state index in [0.29, 0.717) is 12.6 Å². The smallest absolute Gasteiger partial charge is 0.235 e. The number of hydrogen-bond acceptors (Lipinski definition) is 4. The van der Waals surface area contributed by atoms with Crippen molar-refractivity contribution < 1.29 is 14.3 Å². The quantitative estimate of drug-likeness (QED) is 0.553. The Balaban J connectivity index is 1.37.